The number of rotatable bonds is 4. The van der Waals surface area contributed by atoms with Crippen LogP contribution in [0.25, 0.3) is 10.9 Å². The van der Waals surface area contributed by atoms with Gasteiger partial charge in [-0.2, -0.15) is 5.10 Å². The van der Waals surface area contributed by atoms with E-state index in [0.717, 1.165) is 28.6 Å². The molecule has 0 saturated heterocycles. The van der Waals surface area contributed by atoms with Crippen molar-refractivity contribution >= 4 is 10.9 Å². The Morgan fingerprint density at radius 3 is 2.80 bits per heavy atom. The Morgan fingerprint density at radius 2 is 2.00 bits per heavy atom. The van der Waals surface area contributed by atoms with Crippen molar-refractivity contribution in [2.75, 3.05) is 0 Å². The van der Waals surface area contributed by atoms with E-state index in [2.05, 4.69) is 10.1 Å². The lowest BCUT2D eigenvalue weighted by Crippen LogP contribution is -2.04. The highest BCUT2D eigenvalue weighted by molar-refractivity contribution is 5.82. The molecule has 0 radical (unpaired) electrons. The Hall–Kier alpha value is -2.20. The van der Waals surface area contributed by atoms with Crippen LogP contribution in [0.5, 0.6) is 0 Å². The van der Waals surface area contributed by atoms with E-state index >= 15 is 0 Å². The van der Waals surface area contributed by atoms with E-state index in [1.165, 1.54) is 0 Å². The van der Waals surface area contributed by atoms with E-state index in [9.17, 15) is 5.11 Å². The summed E-state index contributed by atoms with van der Waals surface area (Å²) in [6.45, 7) is 0. The Kier molecular flexibility index (Phi) is 3.48. The molecule has 4 nitrogen and oxygen atoms in total. The number of nitrogens with zero attached hydrogens (tertiary/aromatic N) is 3. The number of aliphatic hydroxyl groups is 1. The van der Waals surface area contributed by atoms with Crippen LogP contribution in [0.4, 0.5) is 0 Å². The van der Waals surface area contributed by atoms with Gasteiger partial charge in [0.2, 0.25) is 0 Å². The molecule has 1 N–H and O–H groups in total. The average Bonchev–Trinajstić information content (AvgIpc) is 2.89. The summed E-state index contributed by atoms with van der Waals surface area (Å²) in [5, 5.41) is 15.6. The predicted octanol–water partition coefficient (Wildman–Crippen LogP) is 2.63. The largest absolute Gasteiger partial charge is 0.388 e. The molecule has 0 aliphatic carbocycles. The Morgan fingerprint density at radius 1 is 1.15 bits per heavy atom. The predicted molar refractivity (Wildman–Crippen MR) is 78.2 cm³/mol. The Bertz CT molecular complexity index is 715. The van der Waals surface area contributed by atoms with Crippen LogP contribution in [0.2, 0.25) is 0 Å². The monoisotopic (exact) mass is 267 g/mol. The molecule has 4 heteroatoms. The van der Waals surface area contributed by atoms with Gasteiger partial charge in [0.1, 0.15) is 0 Å². The molecule has 2 aromatic heterocycles. The van der Waals surface area contributed by atoms with E-state index in [1.807, 2.05) is 48.1 Å². The lowest BCUT2D eigenvalue weighted by molar-refractivity contribution is 0.168. The molecule has 3 rings (SSSR count). The Balaban J connectivity index is 1.82. The highest BCUT2D eigenvalue weighted by Gasteiger charge is 2.12. The molecule has 1 unspecified atom stereocenters. The van der Waals surface area contributed by atoms with Crippen LogP contribution in [0.1, 0.15) is 23.8 Å². The molecule has 0 bridgehead atoms. The van der Waals surface area contributed by atoms with Crippen LogP contribution in [-0.4, -0.2) is 19.9 Å². The van der Waals surface area contributed by atoms with E-state index in [0.29, 0.717) is 6.42 Å². The van der Waals surface area contributed by atoms with Crippen LogP contribution >= 0.6 is 0 Å². The zero-order valence-electron chi connectivity index (χ0n) is 11.4. The molecule has 0 saturated carbocycles. The zero-order chi connectivity index (χ0) is 13.9. The molecule has 1 aromatic carbocycles. The first kappa shape index (κ1) is 12.8. The number of aromatic nitrogens is 3. The third-order valence-corrected chi connectivity index (χ3v) is 3.64. The molecule has 0 aliphatic heterocycles. The summed E-state index contributed by atoms with van der Waals surface area (Å²) in [6.07, 6.45) is 4.52. The lowest BCUT2D eigenvalue weighted by atomic mass is 10.00. The second kappa shape index (κ2) is 5.43. The minimum absolute atomic E-state index is 0.488. The van der Waals surface area contributed by atoms with Gasteiger partial charge in [0.15, 0.2) is 0 Å². The number of aryl methyl sites for hydroxylation is 2. The number of pyridine rings is 1. The van der Waals surface area contributed by atoms with Gasteiger partial charge in [-0.1, -0.05) is 18.2 Å². The summed E-state index contributed by atoms with van der Waals surface area (Å²) in [6, 6.07) is 11.8. The minimum atomic E-state index is -0.488. The Labute approximate surface area is 117 Å². The molecular formula is C16H17N3O. The van der Waals surface area contributed by atoms with Gasteiger partial charge in [0.25, 0.3) is 0 Å². The van der Waals surface area contributed by atoms with Crippen molar-refractivity contribution < 1.29 is 5.11 Å². The third-order valence-electron chi connectivity index (χ3n) is 3.64. The fourth-order valence-corrected chi connectivity index (χ4v) is 2.50. The van der Waals surface area contributed by atoms with Crippen molar-refractivity contribution in [3.63, 3.8) is 0 Å². The van der Waals surface area contributed by atoms with E-state index in [-0.39, 0.29) is 0 Å². The first-order chi connectivity index (χ1) is 9.75. The molecule has 20 heavy (non-hydrogen) atoms. The van der Waals surface area contributed by atoms with Crippen molar-refractivity contribution in [2.45, 2.75) is 18.9 Å². The van der Waals surface area contributed by atoms with Crippen molar-refractivity contribution in [1.82, 2.24) is 14.8 Å². The molecule has 0 spiro atoms. The second-order valence-electron chi connectivity index (χ2n) is 4.92. The number of hydrogen-bond donors (Lipinski definition) is 1. The summed E-state index contributed by atoms with van der Waals surface area (Å²) in [7, 11) is 1.92. The molecule has 0 aliphatic rings. The molecule has 2 heterocycles. The van der Waals surface area contributed by atoms with Crippen LogP contribution < -0.4 is 0 Å². The maximum Gasteiger partial charge on any atom is 0.0800 e. The minimum Gasteiger partial charge on any atom is -0.388 e. The number of hydrogen-bond acceptors (Lipinski definition) is 3. The number of benzene rings is 1. The smallest absolute Gasteiger partial charge is 0.0800 e. The maximum absolute atomic E-state index is 10.5. The van der Waals surface area contributed by atoms with Gasteiger partial charge in [0.05, 0.1) is 11.6 Å². The van der Waals surface area contributed by atoms with Crippen LogP contribution in [0.3, 0.4) is 0 Å². The maximum atomic E-state index is 10.5. The van der Waals surface area contributed by atoms with Crippen molar-refractivity contribution in [3.05, 3.63) is 60.0 Å². The summed E-state index contributed by atoms with van der Waals surface area (Å²) in [5.41, 5.74) is 2.99. The standard InChI is InChI=1S/C16H17N3O/c1-19-12(8-11-18-19)6-7-16(20)14-9-10-17-15-5-3-2-4-13(14)15/h2-5,8-11,16,20H,6-7H2,1H3. The highest BCUT2D eigenvalue weighted by Crippen LogP contribution is 2.25. The molecule has 1 atom stereocenters. The molecular weight excluding hydrogens is 250 g/mol. The van der Waals surface area contributed by atoms with Crippen LogP contribution in [0, 0.1) is 0 Å². The molecule has 0 fully saturated rings. The second-order valence-corrected chi connectivity index (χ2v) is 4.92. The van der Waals surface area contributed by atoms with E-state index < -0.39 is 6.10 Å². The summed E-state index contributed by atoms with van der Waals surface area (Å²) in [4.78, 5) is 4.32. The normalized spacial score (nSPS) is 12.7. The topological polar surface area (TPSA) is 50.9 Å². The van der Waals surface area contributed by atoms with Gasteiger partial charge in [0, 0.05) is 30.5 Å². The van der Waals surface area contributed by atoms with Gasteiger partial charge in [-0.15, -0.1) is 0 Å². The van der Waals surface area contributed by atoms with Gasteiger partial charge >= 0.3 is 0 Å². The van der Waals surface area contributed by atoms with Crippen LogP contribution in [-0.2, 0) is 13.5 Å². The molecule has 0 amide bonds. The first-order valence-electron chi connectivity index (χ1n) is 6.74. The first-order valence-corrected chi connectivity index (χ1v) is 6.74. The van der Waals surface area contributed by atoms with Gasteiger partial charge < -0.3 is 5.11 Å². The number of para-hydroxylation sites is 1. The molecule has 102 valence electrons. The van der Waals surface area contributed by atoms with Crippen molar-refractivity contribution in [2.24, 2.45) is 7.05 Å². The van der Waals surface area contributed by atoms with Gasteiger partial charge in [-0.05, 0) is 36.6 Å². The van der Waals surface area contributed by atoms with Crippen LogP contribution in [0.15, 0.2) is 48.8 Å². The van der Waals surface area contributed by atoms with Gasteiger partial charge in [-0.3, -0.25) is 9.67 Å². The summed E-state index contributed by atoms with van der Waals surface area (Å²) in [5.74, 6) is 0. The number of fused-ring (bicyclic) bond motifs is 1. The SMILES string of the molecule is Cn1nccc1CCC(O)c1ccnc2ccccc12. The lowest BCUT2D eigenvalue weighted by Gasteiger charge is -2.13. The average molecular weight is 267 g/mol. The number of aliphatic hydroxyl groups excluding tert-OH is 1. The fourth-order valence-electron chi connectivity index (χ4n) is 2.50. The van der Waals surface area contributed by atoms with E-state index in [4.69, 9.17) is 0 Å². The van der Waals surface area contributed by atoms with Gasteiger partial charge in [-0.25, -0.2) is 0 Å². The zero-order valence-corrected chi connectivity index (χ0v) is 11.4. The highest BCUT2D eigenvalue weighted by atomic mass is 16.3. The third kappa shape index (κ3) is 2.42. The van der Waals surface area contributed by atoms with Crippen molar-refractivity contribution in [1.29, 1.82) is 0 Å². The quantitative estimate of drug-likeness (QED) is 0.790. The summed E-state index contributed by atoms with van der Waals surface area (Å²) < 4.78 is 1.84. The van der Waals surface area contributed by atoms with E-state index in [1.54, 1.807) is 12.4 Å². The molecule has 3 aromatic rings. The fraction of sp³-hybridized carbons (Fsp3) is 0.250. The van der Waals surface area contributed by atoms with Crippen molar-refractivity contribution in [3.8, 4) is 0 Å². The summed E-state index contributed by atoms with van der Waals surface area (Å²) >= 11 is 0.